The Morgan fingerprint density at radius 1 is 1.50 bits per heavy atom. The maximum atomic E-state index is 11.7. The van der Waals surface area contributed by atoms with Crippen LogP contribution >= 0.6 is 0 Å². The molecule has 1 aliphatic rings. The molecule has 0 bridgehead atoms. The van der Waals surface area contributed by atoms with Crippen molar-refractivity contribution in [1.29, 1.82) is 0 Å². The van der Waals surface area contributed by atoms with Crippen molar-refractivity contribution in [2.75, 3.05) is 0 Å². The third-order valence-electron chi connectivity index (χ3n) is 2.53. The molecule has 2 atom stereocenters. The summed E-state index contributed by atoms with van der Waals surface area (Å²) >= 11 is 0. The molecule has 6 nitrogen and oxygen atoms in total. The van der Waals surface area contributed by atoms with Crippen LogP contribution in [0.1, 0.15) is 17.3 Å². The molecule has 2 rings (SSSR count). The Hall–Kier alpha value is -1.95. The minimum Gasteiger partial charge on any atom is -0.463 e. The van der Waals surface area contributed by atoms with Gasteiger partial charge in [-0.1, -0.05) is 0 Å². The molecule has 0 aromatic heterocycles. The first-order valence-electron chi connectivity index (χ1n) is 4.68. The summed E-state index contributed by atoms with van der Waals surface area (Å²) in [6.45, 7) is 1.54. The quantitative estimate of drug-likeness (QED) is 0.569. The molecule has 6 heteroatoms. The van der Waals surface area contributed by atoms with Crippen molar-refractivity contribution in [2.45, 2.75) is 13.2 Å². The number of benzene rings is 1. The molecule has 0 spiro atoms. The van der Waals surface area contributed by atoms with Crippen LogP contribution in [-0.4, -0.2) is 22.1 Å². The molecule has 1 aromatic rings. The van der Waals surface area contributed by atoms with Gasteiger partial charge in [-0.3, -0.25) is 14.9 Å². The summed E-state index contributed by atoms with van der Waals surface area (Å²) in [6.07, 6.45) is -1.25. The zero-order valence-corrected chi connectivity index (χ0v) is 8.41. The molecule has 0 amide bonds. The Kier molecular flexibility index (Phi) is 2.35. The van der Waals surface area contributed by atoms with Crippen molar-refractivity contribution in [3.8, 4) is 5.75 Å². The standard InChI is InChI=1S/C10H9NO5/c1-5-9(12)7-3-2-6(11(14)15)4-8(7)16-10(5)13/h2-5,10,13H,1H3/t5-,10+/m0/s1. The number of hydrogen-bond acceptors (Lipinski definition) is 5. The van der Waals surface area contributed by atoms with Crippen molar-refractivity contribution in [1.82, 2.24) is 0 Å². The van der Waals surface area contributed by atoms with Gasteiger partial charge >= 0.3 is 0 Å². The minimum atomic E-state index is -1.25. The van der Waals surface area contributed by atoms with Gasteiger partial charge in [-0.2, -0.15) is 0 Å². The monoisotopic (exact) mass is 223 g/mol. The van der Waals surface area contributed by atoms with Gasteiger partial charge in [0.25, 0.3) is 5.69 Å². The van der Waals surface area contributed by atoms with Gasteiger partial charge < -0.3 is 9.84 Å². The fourth-order valence-electron chi connectivity index (χ4n) is 1.53. The molecular weight excluding hydrogens is 214 g/mol. The van der Waals surface area contributed by atoms with Crippen LogP contribution in [0.3, 0.4) is 0 Å². The number of Topliss-reactive ketones (excluding diaryl/α,β-unsaturated/α-hetero) is 1. The van der Waals surface area contributed by atoms with E-state index in [9.17, 15) is 20.0 Å². The number of aliphatic hydroxyl groups is 1. The zero-order valence-electron chi connectivity index (χ0n) is 8.41. The molecule has 1 N–H and O–H groups in total. The van der Waals surface area contributed by atoms with E-state index in [2.05, 4.69) is 0 Å². The first-order chi connectivity index (χ1) is 7.50. The van der Waals surface area contributed by atoms with Gasteiger partial charge in [-0.05, 0) is 13.0 Å². The molecule has 0 aliphatic carbocycles. The summed E-state index contributed by atoms with van der Waals surface area (Å²) in [7, 11) is 0. The molecular formula is C10H9NO5. The van der Waals surface area contributed by atoms with Gasteiger partial charge in [0.2, 0.25) is 6.29 Å². The molecule has 16 heavy (non-hydrogen) atoms. The fourth-order valence-corrected chi connectivity index (χ4v) is 1.53. The Labute approximate surface area is 90.6 Å². The molecule has 0 fully saturated rings. The molecule has 1 heterocycles. The highest BCUT2D eigenvalue weighted by atomic mass is 16.6. The van der Waals surface area contributed by atoms with Crippen molar-refractivity contribution in [3.05, 3.63) is 33.9 Å². The number of hydrogen-bond donors (Lipinski definition) is 1. The number of ketones is 1. The lowest BCUT2D eigenvalue weighted by Crippen LogP contribution is -2.35. The van der Waals surface area contributed by atoms with Crippen LogP contribution in [0.5, 0.6) is 5.75 Å². The summed E-state index contributed by atoms with van der Waals surface area (Å²) in [4.78, 5) is 21.6. The van der Waals surface area contributed by atoms with Gasteiger partial charge in [-0.25, -0.2) is 0 Å². The van der Waals surface area contributed by atoms with E-state index in [1.54, 1.807) is 0 Å². The van der Waals surface area contributed by atoms with E-state index in [-0.39, 0.29) is 22.8 Å². The predicted molar refractivity (Wildman–Crippen MR) is 53.2 cm³/mol. The smallest absolute Gasteiger partial charge is 0.273 e. The van der Waals surface area contributed by atoms with Gasteiger partial charge in [0.15, 0.2) is 5.78 Å². The number of nitro groups is 1. The Morgan fingerprint density at radius 3 is 2.81 bits per heavy atom. The van der Waals surface area contributed by atoms with Crippen LogP contribution in [0.15, 0.2) is 18.2 Å². The number of carbonyl (C=O) groups excluding carboxylic acids is 1. The first kappa shape index (κ1) is 10.6. The normalized spacial score (nSPS) is 23.5. The van der Waals surface area contributed by atoms with E-state index in [1.807, 2.05) is 0 Å². The molecule has 0 saturated heterocycles. The number of rotatable bonds is 1. The first-order valence-corrected chi connectivity index (χ1v) is 4.68. The van der Waals surface area contributed by atoms with Crippen LogP contribution in [0.25, 0.3) is 0 Å². The molecule has 1 aliphatic heterocycles. The second-order valence-electron chi connectivity index (χ2n) is 3.60. The van der Waals surface area contributed by atoms with Crippen LogP contribution in [0.4, 0.5) is 5.69 Å². The number of nitro benzene ring substituents is 1. The number of ether oxygens (including phenoxy) is 1. The average Bonchev–Trinajstić information content (AvgIpc) is 2.25. The number of carbonyl (C=O) groups is 1. The van der Waals surface area contributed by atoms with Gasteiger partial charge in [0.1, 0.15) is 5.75 Å². The maximum Gasteiger partial charge on any atom is 0.273 e. The van der Waals surface area contributed by atoms with E-state index < -0.39 is 17.1 Å². The Morgan fingerprint density at radius 2 is 2.19 bits per heavy atom. The lowest BCUT2D eigenvalue weighted by molar-refractivity contribution is -0.385. The summed E-state index contributed by atoms with van der Waals surface area (Å²) < 4.78 is 5.04. The molecule has 0 saturated carbocycles. The molecule has 0 radical (unpaired) electrons. The Bertz CT molecular complexity index is 470. The minimum absolute atomic E-state index is 0.0600. The largest absolute Gasteiger partial charge is 0.463 e. The highest BCUT2D eigenvalue weighted by Crippen LogP contribution is 2.32. The van der Waals surface area contributed by atoms with Crippen LogP contribution < -0.4 is 4.74 Å². The predicted octanol–water partition coefficient (Wildman–Crippen LogP) is 1.12. The number of aliphatic hydroxyl groups excluding tert-OH is 1. The SMILES string of the molecule is C[C@H]1C(=O)c2ccc([N+](=O)[O-])cc2O[C@H]1O. The third-order valence-corrected chi connectivity index (χ3v) is 2.53. The van der Waals surface area contributed by atoms with Crippen LogP contribution in [0.2, 0.25) is 0 Å². The lowest BCUT2D eigenvalue weighted by Gasteiger charge is -2.26. The summed E-state index contributed by atoms with van der Waals surface area (Å²) in [6, 6.07) is 3.73. The van der Waals surface area contributed by atoms with Gasteiger partial charge in [-0.15, -0.1) is 0 Å². The van der Waals surface area contributed by atoms with Crippen LogP contribution in [0, 0.1) is 16.0 Å². The summed E-state index contributed by atoms with van der Waals surface area (Å²) in [5, 5.41) is 19.9. The van der Waals surface area contributed by atoms with E-state index in [4.69, 9.17) is 4.74 Å². The van der Waals surface area contributed by atoms with E-state index in [1.165, 1.54) is 19.1 Å². The highest BCUT2D eigenvalue weighted by molar-refractivity contribution is 6.01. The highest BCUT2D eigenvalue weighted by Gasteiger charge is 2.33. The lowest BCUT2D eigenvalue weighted by atomic mass is 9.95. The molecule has 0 unspecified atom stereocenters. The third kappa shape index (κ3) is 1.53. The fraction of sp³-hybridized carbons (Fsp3) is 0.300. The van der Waals surface area contributed by atoms with Crippen molar-refractivity contribution >= 4 is 11.5 Å². The van der Waals surface area contributed by atoms with E-state index >= 15 is 0 Å². The van der Waals surface area contributed by atoms with Crippen molar-refractivity contribution in [2.24, 2.45) is 5.92 Å². The average molecular weight is 223 g/mol. The van der Waals surface area contributed by atoms with Crippen molar-refractivity contribution in [3.63, 3.8) is 0 Å². The second kappa shape index (κ2) is 3.57. The van der Waals surface area contributed by atoms with Gasteiger partial charge in [0, 0.05) is 6.07 Å². The van der Waals surface area contributed by atoms with Gasteiger partial charge in [0.05, 0.1) is 22.5 Å². The second-order valence-corrected chi connectivity index (χ2v) is 3.60. The van der Waals surface area contributed by atoms with E-state index in [0.717, 1.165) is 6.07 Å². The summed E-state index contributed by atoms with van der Waals surface area (Å²) in [5.74, 6) is -0.873. The summed E-state index contributed by atoms with van der Waals surface area (Å²) in [5.41, 5.74) is 0.0942. The number of nitrogens with zero attached hydrogens (tertiary/aromatic N) is 1. The van der Waals surface area contributed by atoms with E-state index in [0.29, 0.717) is 0 Å². The Balaban J connectivity index is 2.49. The molecule has 84 valence electrons. The number of fused-ring (bicyclic) bond motifs is 1. The topological polar surface area (TPSA) is 89.7 Å². The zero-order chi connectivity index (χ0) is 11.9. The maximum absolute atomic E-state index is 11.7. The van der Waals surface area contributed by atoms with Crippen LogP contribution in [-0.2, 0) is 0 Å². The number of non-ortho nitro benzene ring substituents is 1. The van der Waals surface area contributed by atoms with Crippen molar-refractivity contribution < 1.29 is 19.6 Å². The molecule has 1 aromatic carbocycles.